The second-order valence-electron chi connectivity index (χ2n) is 6.39. The highest BCUT2D eigenvalue weighted by Gasteiger charge is 2.13. The van der Waals surface area contributed by atoms with Crippen LogP contribution in [0.15, 0.2) is 48.5 Å². The molecule has 150 valence electrons. The van der Waals surface area contributed by atoms with Gasteiger partial charge >= 0.3 is 0 Å². The fourth-order valence-electron chi connectivity index (χ4n) is 2.55. The monoisotopic (exact) mass is 429 g/mol. The molecule has 0 bridgehead atoms. The molecule has 29 heavy (non-hydrogen) atoms. The predicted octanol–water partition coefficient (Wildman–Crippen LogP) is 4.88. The number of rotatable bonds is 7. The smallest absolute Gasteiger partial charge is 0.236 e. The molecule has 2 amide bonds. The number of nitrogens with one attached hydrogen (secondary N) is 2. The maximum Gasteiger partial charge on any atom is 0.236 e. The van der Waals surface area contributed by atoms with Gasteiger partial charge in [0.1, 0.15) is 5.82 Å². The molecule has 0 unspecified atom stereocenters. The zero-order chi connectivity index (χ0) is 20.8. The molecule has 0 aliphatic rings. The second-order valence-corrected chi connectivity index (χ2v) is 8.57. The maximum atomic E-state index is 13.1. The van der Waals surface area contributed by atoms with E-state index in [9.17, 15) is 14.0 Å². The van der Waals surface area contributed by atoms with Crippen LogP contribution in [-0.2, 0) is 9.59 Å². The van der Waals surface area contributed by atoms with Crippen LogP contribution in [0.2, 0.25) is 0 Å². The summed E-state index contributed by atoms with van der Waals surface area (Å²) in [5.74, 6) is -0.364. The van der Waals surface area contributed by atoms with E-state index < -0.39 is 0 Å². The van der Waals surface area contributed by atoms with Gasteiger partial charge in [-0.25, -0.2) is 9.37 Å². The zero-order valence-electron chi connectivity index (χ0n) is 16.0. The number of amides is 2. The van der Waals surface area contributed by atoms with E-state index in [1.165, 1.54) is 35.2 Å². The Kier molecular flexibility index (Phi) is 7.00. The number of halogens is 1. The van der Waals surface area contributed by atoms with Gasteiger partial charge in [-0.1, -0.05) is 17.7 Å². The van der Waals surface area contributed by atoms with Gasteiger partial charge in [0.15, 0.2) is 5.13 Å². The Hall–Kier alpha value is -2.71. The van der Waals surface area contributed by atoms with Gasteiger partial charge in [-0.3, -0.25) is 9.59 Å². The number of aromatic nitrogens is 1. The summed E-state index contributed by atoms with van der Waals surface area (Å²) >= 11 is 2.59. The number of benzene rings is 2. The predicted molar refractivity (Wildman–Crippen MR) is 118 cm³/mol. The molecule has 0 saturated carbocycles. The van der Waals surface area contributed by atoms with Gasteiger partial charge in [-0.15, -0.1) is 23.1 Å². The van der Waals surface area contributed by atoms with E-state index in [1.54, 1.807) is 12.1 Å². The van der Waals surface area contributed by atoms with Crippen LogP contribution in [0.1, 0.15) is 10.4 Å². The topological polar surface area (TPSA) is 71.1 Å². The molecule has 0 saturated heterocycles. The third-order valence-corrected chi connectivity index (χ3v) is 5.78. The van der Waals surface area contributed by atoms with Gasteiger partial charge in [-0.05, 0) is 50.2 Å². The summed E-state index contributed by atoms with van der Waals surface area (Å²) in [7, 11) is 0. The summed E-state index contributed by atoms with van der Waals surface area (Å²) < 4.78 is 13.1. The Balaban J connectivity index is 1.47. The highest BCUT2D eigenvalue weighted by Crippen LogP contribution is 2.30. The van der Waals surface area contributed by atoms with Gasteiger partial charge in [0.25, 0.3) is 0 Å². The Morgan fingerprint density at radius 2 is 1.59 bits per heavy atom. The number of aryl methyl sites for hydroxylation is 2. The first-order chi connectivity index (χ1) is 13.9. The zero-order valence-corrected chi connectivity index (χ0v) is 17.6. The van der Waals surface area contributed by atoms with Crippen LogP contribution < -0.4 is 10.6 Å². The summed E-state index contributed by atoms with van der Waals surface area (Å²) in [6.07, 6.45) is 0. The lowest BCUT2D eigenvalue weighted by molar-refractivity contribution is -0.114. The van der Waals surface area contributed by atoms with Crippen molar-refractivity contribution in [3.63, 3.8) is 0 Å². The lowest BCUT2D eigenvalue weighted by Gasteiger charge is -2.05. The van der Waals surface area contributed by atoms with E-state index in [1.807, 2.05) is 38.1 Å². The summed E-state index contributed by atoms with van der Waals surface area (Å²) in [5, 5.41) is 6.04. The van der Waals surface area contributed by atoms with Gasteiger partial charge in [-0.2, -0.15) is 0 Å². The lowest BCUT2D eigenvalue weighted by Crippen LogP contribution is -2.18. The van der Waals surface area contributed by atoms with E-state index in [2.05, 4.69) is 15.6 Å². The molecule has 0 spiro atoms. The molecule has 1 heterocycles. The largest absolute Gasteiger partial charge is 0.325 e. The quantitative estimate of drug-likeness (QED) is 0.562. The molecular weight excluding hydrogens is 409 g/mol. The molecule has 8 heteroatoms. The van der Waals surface area contributed by atoms with E-state index in [-0.39, 0.29) is 29.1 Å². The highest BCUT2D eigenvalue weighted by molar-refractivity contribution is 8.00. The van der Waals surface area contributed by atoms with Crippen molar-refractivity contribution in [2.75, 3.05) is 22.1 Å². The molecule has 3 aromatic rings. The van der Waals surface area contributed by atoms with Crippen LogP contribution in [0.25, 0.3) is 11.3 Å². The summed E-state index contributed by atoms with van der Waals surface area (Å²) in [4.78, 5) is 29.5. The molecular formula is C21H20FN3O2S2. The first-order valence-electron chi connectivity index (χ1n) is 8.88. The third-order valence-electron chi connectivity index (χ3n) is 3.96. The van der Waals surface area contributed by atoms with Gasteiger partial charge in [0, 0.05) is 16.1 Å². The minimum Gasteiger partial charge on any atom is -0.325 e. The fourth-order valence-corrected chi connectivity index (χ4v) is 4.02. The highest BCUT2D eigenvalue weighted by atomic mass is 32.2. The van der Waals surface area contributed by atoms with Crippen LogP contribution in [0.4, 0.5) is 15.2 Å². The standard InChI is InChI=1S/C21H20FN3O2S2/c1-13-3-9-17(10-4-13)23-18(26)11-28-12-19(27)24-21-25-20(14(2)29-21)15-5-7-16(22)8-6-15/h3-10H,11-12H2,1-2H3,(H,23,26)(H,24,25,27). The number of thioether (sulfide) groups is 1. The number of anilines is 2. The average Bonchev–Trinajstić information content (AvgIpc) is 3.04. The Morgan fingerprint density at radius 3 is 2.24 bits per heavy atom. The summed E-state index contributed by atoms with van der Waals surface area (Å²) in [6, 6.07) is 13.6. The van der Waals surface area contributed by atoms with Crippen molar-refractivity contribution in [1.82, 2.24) is 4.98 Å². The number of carbonyl (C=O) groups is 2. The van der Waals surface area contributed by atoms with Crippen LogP contribution in [-0.4, -0.2) is 28.3 Å². The number of carbonyl (C=O) groups excluding carboxylic acids is 2. The number of hydrogen-bond donors (Lipinski definition) is 2. The first kappa shape index (κ1) is 21.0. The Morgan fingerprint density at radius 1 is 0.966 bits per heavy atom. The average molecular weight is 430 g/mol. The summed E-state index contributed by atoms with van der Waals surface area (Å²) in [6.45, 7) is 3.88. The Labute approximate surface area is 176 Å². The van der Waals surface area contributed by atoms with Crippen molar-refractivity contribution in [3.05, 3.63) is 64.8 Å². The second kappa shape index (κ2) is 9.67. The maximum absolute atomic E-state index is 13.1. The molecule has 0 aliphatic heterocycles. The van der Waals surface area contributed by atoms with Crippen LogP contribution >= 0.6 is 23.1 Å². The Bertz CT molecular complexity index is 1000. The first-order valence-corrected chi connectivity index (χ1v) is 10.9. The molecule has 0 radical (unpaired) electrons. The molecule has 2 aromatic carbocycles. The molecule has 2 N–H and O–H groups in total. The van der Waals surface area contributed by atoms with Crippen molar-refractivity contribution in [2.45, 2.75) is 13.8 Å². The van der Waals surface area contributed by atoms with E-state index in [0.717, 1.165) is 27.4 Å². The van der Waals surface area contributed by atoms with E-state index in [0.29, 0.717) is 5.13 Å². The molecule has 5 nitrogen and oxygen atoms in total. The van der Waals surface area contributed by atoms with Crippen LogP contribution in [0.5, 0.6) is 0 Å². The molecule has 0 fully saturated rings. The molecule has 0 aliphatic carbocycles. The third kappa shape index (κ3) is 6.13. The van der Waals surface area contributed by atoms with Crippen molar-refractivity contribution in [2.24, 2.45) is 0 Å². The normalized spacial score (nSPS) is 10.6. The van der Waals surface area contributed by atoms with Crippen molar-refractivity contribution in [1.29, 1.82) is 0 Å². The van der Waals surface area contributed by atoms with Gasteiger partial charge in [0.05, 0.1) is 17.2 Å². The minimum atomic E-state index is -0.307. The van der Waals surface area contributed by atoms with Gasteiger partial charge < -0.3 is 10.6 Å². The van der Waals surface area contributed by atoms with Crippen LogP contribution in [0, 0.1) is 19.7 Å². The summed E-state index contributed by atoms with van der Waals surface area (Å²) in [5.41, 5.74) is 3.37. The van der Waals surface area contributed by atoms with Crippen molar-refractivity contribution < 1.29 is 14.0 Å². The molecule has 1 aromatic heterocycles. The van der Waals surface area contributed by atoms with Crippen molar-refractivity contribution in [3.8, 4) is 11.3 Å². The fraction of sp³-hybridized carbons (Fsp3) is 0.190. The number of nitrogens with zero attached hydrogens (tertiary/aromatic N) is 1. The van der Waals surface area contributed by atoms with Crippen LogP contribution in [0.3, 0.4) is 0 Å². The van der Waals surface area contributed by atoms with Crippen molar-refractivity contribution >= 4 is 45.7 Å². The molecule has 3 rings (SSSR count). The van der Waals surface area contributed by atoms with Gasteiger partial charge in [0.2, 0.25) is 11.8 Å². The number of hydrogen-bond acceptors (Lipinski definition) is 5. The minimum absolute atomic E-state index is 0.145. The van der Waals surface area contributed by atoms with E-state index >= 15 is 0 Å². The SMILES string of the molecule is Cc1ccc(NC(=O)CSCC(=O)Nc2nc(-c3ccc(F)cc3)c(C)s2)cc1. The molecule has 0 atom stereocenters. The van der Waals surface area contributed by atoms with E-state index in [4.69, 9.17) is 0 Å². The lowest BCUT2D eigenvalue weighted by atomic mass is 10.1. The number of thiazole rings is 1.